The van der Waals surface area contributed by atoms with Crippen molar-refractivity contribution in [1.82, 2.24) is 0 Å². The van der Waals surface area contributed by atoms with Crippen LogP contribution in [0.5, 0.6) is 0 Å². The summed E-state index contributed by atoms with van der Waals surface area (Å²) in [4.78, 5) is 4.25. The van der Waals surface area contributed by atoms with Gasteiger partial charge in [-0.05, 0) is 0 Å². The van der Waals surface area contributed by atoms with E-state index < -0.39 is 19.2 Å². The number of hydrogen-bond acceptors (Lipinski definition) is 2. The topological polar surface area (TPSA) is 18.5 Å². The zero-order valence-corrected chi connectivity index (χ0v) is 9.58. The van der Waals surface area contributed by atoms with Gasteiger partial charge in [0.05, 0.1) is 0 Å². The Morgan fingerprint density at radius 2 is 1.33 bits per heavy atom. The summed E-state index contributed by atoms with van der Waals surface area (Å²) in [5.74, 6) is 0. The maximum atomic E-state index is 5.46. The summed E-state index contributed by atoms with van der Waals surface area (Å²) in [5.41, 5.74) is 0. The molecule has 0 aromatic carbocycles. The Balaban J connectivity index is 3.43. The third kappa shape index (κ3) is 5.18. The van der Waals surface area contributed by atoms with Crippen molar-refractivity contribution in [1.29, 1.82) is 0 Å². The van der Waals surface area contributed by atoms with Crippen LogP contribution in [0, 0.1) is 0 Å². The second kappa shape index (κ2) is 4.52. The van der Waals surface area contributed by atoms with E-state index in [1.807, 2.05) is 13.8 Å². The fourth-order valence-electron chi connectivity index (χ4n) is 0.737. The van der Waals surface area contributed by atoms with Crippen LogP contribution in [0.25, 0.3) is 0 Å². The van der Waals surface area contributed by atoms with Crippen LogP contribution in [0.3, 0.4) is 0 Å². The fraction of sp³-hybridized carbons (Fsp3) is 1.00. The van der Waals surface area contributed by atoms with Crippen molar-refractivity contribution >= 4 is 19.2 Å². The SMILES string of the molecule is CC[O][Sn]([CH3])([CH3])[O]CC. The van der Waals surface area contributed by atoms with E-state index in [4.69, 9.17) is 6.15 Å². The van der Waals surface area contributed by atoms with Gasteiger partial charge in [-0.1, -0.05) is 0 Å². The number of hydrogen-bond donors (Lipinski definition) is 0. The molecule has 0 spiro atoms. The molecule has 0 aliphatic rings. The van der Waals surface area contributed by atoms with Gasteiger partial charge in [0.2, 0.25) is 0 Å². The molecule has 0 heterocycles. The molecule has 0 aromatic rings. The molecule has 0 N–H and O–H groups in total. The summed E-state index contributed by atoms with van der Waals surface area (Å²) in [6, 6.07) is 0. The molecule has 0 aliphatic heterocycles. The van der Waals surface area contributed by atoms with Crippen LogP contribution < -0.4 is 0 Å². The predicted molar refractivity (Wildman–Crippen MR) is 40.7 cm³/mol. The summed E-state index contributed by atoms with van der Waals surface area (Å²) in [6.45, 7) is 5.61. The van der Waals surface area contributed by atoms with Gasteiger partial charge in [0.1, 0.15) is 0 Å². The molecule has 0 aromatic heterocycles. The van der Waals surface area contributed by atoms with Crippen LogP contribution in [0.1, 0.15) is 13.8 Å². The second-order valence-corrected chi connectivity index (χ2v) is 11.9. The van der Waals surface area contributed by atoms with Crippen molar-refractivity contribution in [2.24, 2.45) is 0 Å². The van der Waals surface area contributed by atoms with Crippen molar-refractivity contribution in [2.75, 3.05) is 13.2 Å². The third-order valence-corrected chi connectivity index (χ3v) is 6.60. The first kappa shape index (κ1) is 9.72. The van der Waals surface area contributed by atoms with E-state index in [9.17, 15) is 0 Å². The molecule has 0 bridgehead atoms. The second-order valence-electron chi connectivity index (χ2n) is 2.27. The minimum absolute atomic E-state index is 0.795. The van der Waals surface area contributed by atoms with Crippen molar-refractivity contribution in [3.8, 4) is 0 Å². The van der Waals surface area contributed by atoms with E-state index >= 15 is 0 Å². The molecule has 9 heavy (non-hydrogen) atoms. The fourth-order valence-corrected chi connectivity index (χ4v) is 4.94. The van der Waals surface area contributed by atoms with Gasteiger partial charge in [0, 0.05) is 0 Å². The van der Waals surface area contributed by atoms with Crippen LogP contribution in [0.15, 0.2) is 0 Å². The third-order valence-electron chi connectivity index (χ3n) is 0.984. The van der Waals surface area contributed by atoms with Crippen LogP contribution in [-0.4, -0.2) is 32.4 Å². The molecular formula is C6H16O2Sn. The molecule has 0 radical (unpaired) electrons. The Morgan fingerprint density at radius 1 is 1.00 bits per heavy atom. The van der Waals surface area contributed by atoms with Gasteiger partial charge >= 0.3 is 62.3 Å². The van der Waals surface area contributed by atoms with Crippen molar-refractivity contribution < 1.29 is 6.15 Å². The molecule has 0 amide bonds. The summed E-state index contributed by atoms with van der Waals surface area (Å²) in [6.07, 6.45) is 0. The van der Waals surface area contributed by atoms with Gasteiger partial charge in [0.15, 0.2) is 0 Å². The van der Waals surface area contributed by atoms with E-state index in [-0.39, 0.29) is 0 Å². The first-order valence-corrected chi connectivity index (χ1v) is 11.4. The minimum atomic E-state index is -2.37. The van der Waals surface area contributed by atoms with Crippen molar-refractivity contribution in [3.05, 3.63) is 0 Å². The molecule has 2 nitrogen and oxygen atoms in total. The molecule has 0 fully saturated rings. The molecule has 0 unspecified atom stereocenters. The normalized spacial score (nSPS) is 12.0. The van der Waals surface area contributed by atoms with E-state index in [0.717, 1.165) is 13.2 Å². The van der Waals surface area contributed by atoms with Crippen LogP contribution in [0.4, 0.5) is 0 Å². The molecule has 0 aliphatic carbocycles. The van der Waals surface area contributed by atoms with E-state index in [1.165, 1.54) is 0 Å². The molecule has 0 rings (SSSR count). The van der Waals surface area contributed by atoms with Gasteiger partial charge in [-0.25, -0.2) is 0 Å². The van der Waals surface area contributed by atoms with Crippen LogP contribution in [0.2, 0.25) is 9.88 Å². The summed E-state index contributed by atoms with van der Waals surface area (Å²) in [7, 11) is 0. The first-order valence-electron chi connectivity index (χ1n) is 3.40. The average molecular weight is 239 g/mol. The zero-order valence-electron chi connectivity index (χ0n) is 6.73. The Kier molecular flexibility index (Phi) is 4.88. The summed E-state index contributed by atoms with van der Waals surface area (Å²) >= 11 is -2.37. The monoisotopic (exact) mass is 240 g/mol. The van der Waals surface area contributed by atoms with Gasteiger partial charge in [-0.3, -0.25) is 0 Å². The number of rotatable bonds is 4. The predicted octanol–water partition coefficient (Wildman–Crippen LogP) is 1.76. The van der Waals surface area contributed by atoms with Crippen molar-refractivity contribution in [2.45, 2.75) is 23.7 Å². The van der Waals surface area contributed by atoms with Gasteiger partial charge < -0.3 is 0 Å². The van der Waals surface area contributed by atoms with Crippen LogP contribution in [-0.2, 0) is 6.15 Å². The molecule has 3 heteroatoms. The van der Waals surface area contributed by atoms with E-state index in [1.54, 1.807) is 0 Å². The average Bonchev–Trinajstić information content (AvgIpc) is 1.64. The van der Waals surface area contributed by atoms with Crippen LogP contribution >= 0.6 is 0 Å². The molecule has 0 saturated heterocycles. The Bertz CT molecular complexity index is 65.5. The molecule has 0 atom stereocenters. The Labute approximate surface area is 62.5 Å². The first-order chi connectivity index (χ1) is 4.12. The molecule has 0 saturated carbocycles. The van der Waals surface area contributed by atoms with Gasteiger partial charge in [-0.15, -0.1) is 0 Å². The van der Waals surface area contributed by atoms with E-state index in [2.05, 4.69) is 9.88 Å². The standard InChI is InChI=1S/2C2H5O.2CH3.Sn/c2*1-2-3;;;/h2*2H2,1H3;2*1H3;/q2*-1;;;+2. The van der Waals surface area contributed by atoms with Gasteiger partial charge in [-0.2, -0.15) is 0 Å². The Hall–Kier alpha value is 0.719. The summed E-state index contributed by atoms with van der Waals surface area (Å²) in [5, 5.41) is 0. The zero-order chi connectivity index (χ0) is 7.33. The molecule has 56 valence electrons. The molecular weight excluding hydrogens is 223 g/mol. The quantitative estimate of drug-likeness (QED) is 0.696. The van der Waals surface area contributed by atoms with Gasteiger partial charge in [0.25, 0.3) is 0 Å². The van der Waals surface area contributed by atoms with Crippen molar-refractivity contribution in [3.63, 3.8) is 0 Å². The Morgan fingerprint density at radius 3 is 1.56 bits per heavy atom. The van der Waals surface area contributed by atoms with E-state index in [0.29, 0.717) is 0 Å². The maximum absolute atomic E-state index is 5.46. The summed E-state index contributed by atoms with van der Waals surface area (Å²) < 4.78 is 10.9.